The van der Waals surface area contributed by atoms with E-state index in [1.807, 2.05) is 0 Å². The molecular formula is C18H20N2O5S2. The molecule has 1 aromatic rings. The number of phenols is 1. The lowest BCUT2D eigenvalue weighted by molar-refractivity contribution is -0.137. The van der Waals surface area contributed by atoms with Crippen molar-refractivity contribution in [2.24, 2.45) is 0 Å². The molecule has 2 amide bonds. The first kappa shape index (κ1) is 20.9. The summed E-state index contributed by atoms with van der Waals surface area (Å²) in [6, 6.07) is 6.55. The fourth-order valence-electron chi connectivity index (χ4n) is 2.41. The predicted octanol–water partition coefficient (Wildman–Crippen LogP) is 2.35. The summed E-state index contributed by atoms with van der Waals surface area (Å²) in [7, 11) is 0. The minimum absolute atomic E-state index is 0.141. The van der Waals surface area contributed by atoms with Gasteiger partial charge in [-0.1, -0.05) is 42.5 Å². The first-order valence-electron chi connectivity index (χ1n) is 8.39. The third kappa shape index (κ3) is 6.69. The van der Waals surface area contributed by atoms with E-state index in [1.54, 1.807) is 35.2 Å². The van der Waals surface area contributed by atoms with E-state index < -0.39 is 5.97 Å². The van der Waals surface area contributed by atoms with Gasteiger partial charge in [-0.3, -0.25) is 19.3 Å². The molecule has 1 aliphatic rings. The van der Waals surface area contributed by atoms with Crippen molar-refractivity contribution in [2.45, 2.75) is 25.7 Å². The van der Waals surface area contributed by atoms with Crippen LogP contribution in [0.1, 0.15) is 31.2 Å². The highest BCUT2D eigenvalue weighted by Crippen LogP contribution is 2.32. The van der Waals surface area contributed by atoms with Crippen LogP contribution in [0.2, 0.25) is 0 Å². The molecule has 144 valence electrons. The van der Waals surface area contributed by atoms with Gasteiger partial charge >= 0.3 is 5.97 Å². The zero-order valence-electron chi connectivity index (χ0n) is 14.5. The zero-order chi connectivity index (χ0) is 19.8. The van der Waals surface area contributed by atoms with Crippen LogP contribution in [0.15, 0.2) is 29.2 Å². The van der Waals surface area contributed by atoms with Crippen molar-refractivity contribution < 1.29 is 24.6 Å². The van der Waals surface area contributed by atoms with Gasteiger partial charge in [0.25, 0.3) is 5.91 Å². The molecule has 0 aromatic heterocycles. The van der Waals surface area contributed by atoms with Gasteiger partial charge in [0.1, 0.15) is 16.6 Å². The Bertz CT molecular complexity index is 762. The fourth-order valence-corrected chi connectivity index (χ4v) is 3.72. The van der Waals surface area contributed by atoms with Gasteiger partial charge in [0.15, 0.2) is 0 Å². The largest absolute Gasteiger partial charge is 0.508 e. The van der Waals surface area contributed by atoms with Crippen LogP contribution in [0.4, 0.5) is 0 Å². The van der Waals surface area contributed by atoms with E-state index in [1.165, 1.54) is 11.8 Å². The summed E-state index contributed by atoms with van der Waals surface area (Å²) in [6.07, 6.45) is 4.04. The maximum absolute atomic E-state index is 12.5. The Morgan fingerprint density at radius 2 is 1.89 bits per heavy atom. The fraction of sp³-hybridized carbons (Fsp3) is 0.333. The van der Waals surface area contributed by atoms with Crippen molar-refractivity contribution >= 4 is 52.2 Å². The van der Waals surface area contributed by atoms with Crippen molar-refractivity contribution in [1.82, 2.24) is 10.2 Å². The molecule has 7 nitrogen and oxygen atoms in total. The number of nitrogens with zero attached hydrogens (tertiary/aromatic N) is 1. The van der Waals surface area contributed by atoms with Gasteiger partial charge < -0.3 is 15.5 Å². The number of aliphatic carboxylic acids is 1. The molecule has 1 saturated heterocycles. The smallest absolute Gasteiger partial charge is 0.322 e. The number of rotatable bonds is 9. The number of phenolic OH excluding ortho intramolecular Hbond substituents is 1. The zero-order valence-corrected chi connectivity index (χ0v) is 16.1. The lowest BCUT2D eigenvalue weighted by Gasteiger charge is -2.14. The van der Waals surface area contributed by atoms with E-state index >= 15 is 0 Å². The molecule has 0 unspecified atom stereocenters. The number of hydrogen-bond donors (Lipinski definition) is 3. The molecule has 3 N–H and O–H groups in total. The molecule has 0 bridgehead atoms. The van der Waals surface area contributed by atoms with Gasteiger partial charge in [0.05, 0.1) is 4.91 Å². The van der Waals surface area contributed by atoms with Crippen LogP contribution in [0.5, 0.6) is 5.75 Å². The van der Waals surface area contributed by atoms with E-state index in [2.05, 4.69) is 5.32 Å². The third-order valence-electron chi connectivity index (χ3n) is 3.79. The Balaban J connectivity index is 1.76. The van der Waals surface area contributed by atoms with Gasteiger partial charge in [-0.15, -0.1) is 0 Å². The number of carbonyl (C=O) groups is 3. The summed E-state index contributed by atoms with van der Waals surface area (Å²) in [6.45, 7) is 0.108. The van der Waals surface area contributed by atoms with E-state index in [-0.39, 0.29) is 30.5 Å². The molecule has 1 aromatic carbocycles. The topological polar surface area (TPSA) is 107 Å². The quantitative estimate of drug-likeness (QED) is 0.327. The number of aromatic hydroxyl groups is 1. The number of amides is 2. The second-order valence-electron chi connectivity index (χ2n) is 5.91. The molecule has 27 heavy (non-hydrogen) atoms. The van der Waals surface area contributed by atoms with Crippen LogP contribution >= 0.6 is 24.0 Å². The van der Waals surface area contributed by atoms with Crippen LogP contribution in [0.3, 0.4) is 0 Å². The standard InChI is InChI=1S/C18H20N2O5S2/c21-13-7-5-12(6-8-13)10-14-17(25)20(18(26)27-14)9-3-1-2-4-15(22)19-11-16(23)24/h5-8,10,21H,1-4,9,11H2,(H,19,22)(H,23,24)/b14-10-. The molecule has 2 rings (SSSR count). The molecule has 0 aliphatic carbocycles. The molecule has 0 saturated carbocycles. The highest BCUT2D eigenvalue weighted by atomic mass is 32.2. The number of carboxylic acid groups (broad SMARTS) is 1. The number of hydrogen-bond acceptors (Lipinski definition) is 6. The van der Waals surface area contributed by atoms with Gasteiger partial charge in [0.2, 0.25) is 5.91 Å². The normalized spacial score (nSPS) is 15.4. The van der Waals surface area contributed by atoms with Crippen LogP contribution in [-0.2, 0) is 14.4 Å². The highest BCUT2D eigenvalue weighted by molar-refractivity contribution is 8.26. The Hall–Kier alpha value is -2.39. The molecule has 1 aliphatic heterocycles. The average molecular weight is 409 g/mol. The van der Waals surface area contributed by atoms with Crippen LogP contribution in [0.25, 0.3) is 6.08 Å². The number of benzene rings is 1. The van der Waals surface area contributed by atoms with Crippen LogP contribution in [0, 0.1) is 0 Å². The van der Waals surface area contributed by atoms with Gasteiger partial charge in [0, 0.05) is 13.0 Å². The number of nitrogens with one attached hydrogen (secondary N) is 1. The minimum Gasteiger partial charge on any atom is -0.508 e. The lowest BCUT2D eigenvalue weighted by atomic mass is 10.1. The molecule has 9 heteroatoms. The summed E-state index contributed by atoms with van der Waals surface area (Å²) in [5, 5.41) is 20.1. The number of unbranched alkanes of at least 4 members (excludes halogenated alkanes) is 2. The second-order valence-corrected chi connectivity index (χ2v) is 7.58. The van der Waals surface area contributed by atoms with E-state index in [0.29, 0.717) is 28.6 Å². The van der Waals surface area contributed by atoms with Crippen molar-refractivity contribution in [3.63, 3.8) is 0 Å². The Kier molecular flexibility index (Phi) is 7.81. The number of thiocarbonyl (C=S) groups is 1. The SMILES string of the molecule is O=C(O)CNC(=O)CCCCCN1C(=O)/C(=C/c2ccc(O)cc2)SC1=S. The Labute approximate surface area is 166 Å². The molecule has 1 heterocycles. The van der Waals surface area contributed by atoms with Crippen molar-refractivity contribution in [1.29, 1.82) is 0 Å². The second kappa shape index (κ2) is 10.1. The summed E-state index contributed by atoms with van der Waals surface area (Å²) in [5.41, 5.74) is 0.806. The number of carboxylic acids is 1. The first-order valence-corrected chi connectivity index (χ1v) is 9.62. The number of carbonyl (C=O) groups excluding carboxylic acids is 2. The lowest BCUT2D eigenvalue weighted by Crippen LogP contribution is -2.29. The average Bonchev–Trinajstić information content (AvgIpc) is 2.88. The summed E-state index contributed by atoms with van der Waals surface area (Å²) >= 11 is 6.52. The van der Waals surface area contributed by atoms with Crippen LogP contribution in [-0.4, -0.2) is 50.3 Å². The van der Waals surface area contributed by atoms with E-state index in [4.69, 9.17) is 17.3 Å². The Morgan fingerprint density at radius 3 is 2.56 bits per heavy atom. The molecule has 0 atom stereocenters. The third-order valence-corrected chi connectivity index (χ3v) is 5.16. The van der Waals surface area contributed by atoms with Crippen molar-refractivity contribution in [3.05, 3.63) is 34.7 Å². The van der Waals surface area contributed by atoms with Gasteiger partial charge in [-0.2, -0.15) is 0 Å². The maximum Gasteiger partial charge on any atom is 0.322 e. The first-order chi connectivity index (χ1) is 12.9. The number of thioether (sulfide) groups is 1. The van der Waals surface area contributed by atoms with E-state index in [9.17, 15) is 19.5 Å². The van der Waals surface area contributed by atoms with Gasteiger partial charge in [-0.05, 0) is 36.6 Å². The van der Waals surface area contributed by atoms with Gasteiger partial charge in [-0.25, -0.2) is 0 Å². The highest BCUT2D eigenvalue weighted by Gasteiger charge is 2.31. The molecule has 0 radical (unpaired) electrons. The van der Waals surface area contributed by atoms with E-state index in [0.717, 1.165) is 12.0 Å². The Morgan fingerprint density at radius 1 is 1.19 bits per heavy atom. The summed E-state index contributed by atoms with van der Waals surface area (Å²) in [5.74, 6) is -1.34. The molecular weight excluding hydrogens is 388 g/mol. The molecule has 0 spiro atoms. The van der Waals surface area contributed by atoms with Crippen LogP contribution < -0.4 is 5.32 Å². The molecule has 1 fully saturated rings. The minimum atomic E-state index is -1.07. The summed E-state index contributed by atoms with van der Waals surface area (Å²) in [4.78, 5) is 36.4. The maximum atomic E-state index is 12.5. The monoisotopic (exact) mass is 408 g/mol. The van der Waals surface area contributed by atoms with Crippen molar-refractivity contribution in [3.8, 4) is 5.75 Å². The van der Waals surface area contributed by atoms with Crippen molar-refractivity contribution in [2.75, 3.05) is 13.1 Å². The predicted molar refractivity (Wildman–Crippen MR) is 107 cm³/mol. The summed E-state index contributed by atoms with van der Waals surface area (Å²) < 4.78 is 0.504.